The highest BCUT2D eigenvalue weighted by Gasteiger charge is 2.11. The molecule has 6 heteroatoms. The number of hydrogen-bond donors (Lipinski definition) is 2. The summed E-state index contributed by atoms with van der Waals surface area (Å²) in [5.41, 5.74) is 2.11. The van der Waals surface area contributed by atoms with Crippen molar-refractivity contribution in [3.63, 3.8) is 0 Å². The van der Waals surface area contributed by atoms with Crippen molar-refractivity contribution in [2.45, 2.75) is 12.2 Å². The average molecular weight is 338 g/mol. The minimum atomic E-state index is -0.986. The minimum absolute atomic E-state index is 0.0601. The molecule has 0 radical (unpaired) electrons. The van der Waals surface area contributed by atoms with Crippen molar-refractivity contribution in [2.24, 2.45) is 0 Å². The molecule has 0 aliphatic rings. The summed E-state index contributed by atoms with van der Waals surface area (Å²) in [7, 11) is -0.986. The molecule has 2 rings (SSSR count). The highest BCUT2D eigenvalue weighted by atomic mass is 35.5. The van der Waals surface area contributed by atoms with Crippen molar-refractivity contribution in [1.82, 2.24) is 0 Å². The summed E-state index contributed by atoms with van der Waals surface area (Å²) >= 11 is 6.00. The lowest BCUT2D eigenvalue weighted by Crippen LogP contribution is -2.16. The van der Waals surface area contributed by atoms with Crippen LogP contribution in [0.2, 0.25) is 5.02 Å². The molecule has 2 N–H and O–H groups in total. The summed E-state index contributed by atoms with van der Waals surface area (Å²) in [5, 5.41) is 12.5. The topological polar surface area (TPSA) is 66.4 Å². The number of nitrogens with one attached hydrogen (secondary N) is 1. The summed E-state index contributed by atoms with van der Waals surface area (Å²) in [6.45, 7) is 0. The molecule has 22 heavy (non-hydrogen) atoms. The Morgan fingerprint density at radius 1 is 1.23 bits per heavy atom. The van der Waals surface area contributed by atoms with Crippen LogP contribution in [0.1, 0.15) is 11.1 Å². The molecular formula is C16H16ClNO3S. The molecule has 0 unspecified atom stereocenters. The minimum Gasteiger partial charge on any atom is -0.508 e. The molecule has 1 amide bonds. The van der Waals surface area contributed by atoms with Gasteiger partial charge in [-0.25, -0.2) is 0 Å². The number of carbonyl (C=O) groups excluding carboxylic acids is 1. The number of anilines is 1. The molecule has 4 nitrogen and oxygen atoms in total. The molecule has 2 aromatic rings. The Kier molecular flexibility index (Phi) is 5.57. The number of carbonyl (C=O) groups is 1. The van der Waals surface area contributed by atoms with Gasteiger partial charge in [0, 0.05) is 27.8 Å². The first kappa shape index (κ1) is 16.5. The number of hydrogen-bond acceptors (Lipinski definition) is 3. The van der Waals surface area contributed by atoms with Gasteiger partial charge in [-0.3, -0.25) is 9.00 Å². The van der Waals surface area contributed by atoms with E-state index >= 15 is 0 Å². The van der Waals surface area contributed by atoms with E-state index in [4.69, 9.17) is 11.6 Å². The van der Waals surface area contributed by atoms with Gasteiger partial charge in [-0.15, -0.1) is 0 Å². The zero-order chi connectivity index (χ0) is 16.1. The van der Waals surface area contributed by atoms with Gasteiger partial charge >= 0.3 is 0 Å². The lowest BCUT2D eigenvalue weighted by atomic mass is 10.1. The van der Waals surface area contributed by atoms with Crippen molar-refractivity contribution in [1.29, 1.82) is 0 Å². The summed E-state index contributed by atoms with van der Waals surface area (Å²) in [6, 6.07) is 11.8. The molecule has 0 saturated carbocycles. The van der Waals surface area contributed by atoms with Gasteiger partial charge in [0.05, 0.1) is 12.2 Å². The number of para-hydroxylation sites is 1. The van der Waals surface area contributed by atoms with Crippen LogP contribution >= 0.6 is 11.6 Å². The van der Waals surface area contributed by atoms with Crippen LogP contribution in [0.15, 0.2) is 42.5 Å². The molecule has 2 aromatic carbocycles. The molecule has 0 bridgehead atoms. The predicted molar refractivity (Wildman–Crippen MR) is 89.7 cm³/mol. The van der Waals surface area contributed by atoms with Crippen LogP contribution in [0.5, 0.6) is 5.75 Å². The third-order valence-electron chi connectivity index (χ3n) is 3.04. The van der Waals surface area contributed by atoms with E-state index in [1.165, 1.54) is 12.1 Å². The fourth-order valence-corrected chi connectivity index (χ4v) is 2.97. The second-order valence-corrected chi connectivity index (χ2v) is 6.72. The number of phenols is 1. The number of amides is 1. The van der Waals surface area contributed by atoms with Crippen LogP contribution in [-0.2, 0) is 27.8 Å². The number of benzene rings is 2. The second-order valence-electron chi connectivity index (χ2n) is 4.88. The fourth-order valence-electron chi connectivity index (χ4n) is 2.03. The van der Waals surface area contributed by atoms with Crippen LogP contribution < -0.4 is 5.32 Å². The molecule has 0 saturated heterocycles. The molecule has 1 atom stereocenters. The predicted octanol–water partition coefficient (Wildman–Crippen LogP) is 3.11. The Labute approximate surface area is 136 Å². The number of rotatable bonds is 5. The molecule has 0 aliphatic carbocycles. The van der Waals surface area contributed by atoms with Crippen molar-refractivity contribution in [3.05, 3.63) is 58.6 Å². The van der Waals surface area contributed by atoms with E-state index in [1.54, 1.807) is 18.4 Å². The highest BCUT2D eigenvalue weighted by Crippen LogP contribution is 2.23. The Bertz CT molecular complexity index is 718. The SMILES string of the molecule is C[S@](=O)Cc1ccccc1NC(=O)Cc1ccc(O)cc1Cl. The van der Waals surface area contributed by atoms with Crippen molar-refractivity contribution in [2.75, 3.05) is 11.6 Å². The van der Waals surface area contributed by atoms with Gasteiger partial charge in [0.25, 0.3) is 0 Å². The maximum atomic E-state index is 12.1. The van der Waals surface area contributed by atoms with E-state index in [1.807, 2.05) is 18.2 Å². The summed E-state index contributed by atoms with van der Waals surface area (Å²) in [4.78, 5) is 12.1. The third-order valence-corrected chi connectivity index (χ3v) is 4.11. The maximum Gasteiger partial charge on any atom is 0.228 e. The molecule has 0 fully saturated rings. The van der Waals surface area contributed by atoms with E-state index in [0.29, 0.717) is 22.0 Å². The summed E-state index contributed by atoms with van der Waals surface area (Å²) in [6.07, 6.45) is 1.72. The van der Waals surface area contributed by atoms with Crippen LogP contribution in [-0.4, -0.2) is 21.5 Å². The Morgan fingerprint density at radius 2 is 1.95 bits per heavy atom. The monoisotopic (exact) mass is 337 g/mol. The Hall–Kier alpha value is -1.85. The van der Waals surface area contributed by atoms with Gasteiger partial charge in [0.2, 0.25) is 5.91 Å². The van der Waals surface area contributed by atoms with E-state index in [-0.39, 0.29) is 18.1 Å². The lowest BCUT2D eigenvalue weighted by Gasteiger charge is -2.11. The number of halogens is 1. The van der Waals surface area contributed by atoms with Crippen LogP contribution in [0.3, 0.4) is 0 Å². The van der Waals surface area contributed by atoms with E-state index < -0.39 is 10.8 Å². The summed E-state index contributed by atoms with van der Waals surface area (Å²) < 4.78 is 11.4. The highest BCUT2D eigenvalue weighted by molar-refractivity contribution is 7.83. The fraction of sp³-hybridized carbons (Fsp3) is 0.188. The van der Waals surface area contributed by atoms with Crippen molar-refractivity contribution >= 4 is 34.0 Å². The van der Waals surface area contributed by atoms with Gasteiger partial charge in [-0.2, -0.15) is 0 Å². The largest absolute Gasteiger partial charge is 0.508 e. The zero-order valence-corrected chi connectivity index (χ0v) is 13.6. The Balaban J connectivity index is 2.10. The number of phenolic OH excluding ortho intramolecular Hbond substituents is 1. The molecule has 0 spiro atoms. The second kappa shape index (κ2) is 7.42. The van der Waals surface area contributed by atoms with Gasteiger partial charge in [0.1, 0.15) is 5.75 Å². The van der Waals surface area contributed by atoms with E-state index in [0.717, 1.165) is 5.56 Å². The quantitative estimate of drug-likeness (QED) is 0.881. The van der Waals surface area contributed by atoms with Gasteiger partial charge < -0.3 is 10.4 Å². The first-order valence-electron chi connectivity index (χ1n) is 6.61. The number of aromatic hydroxyl groups is 1. The standard InChI is InChI=1S/C16H16ClNO3S/c1-22(21)10-12-4-2-3-5-15(12)18-16(20)8-11-6-7-13(19)9-14(11)17/h2-7,9,19H,8,10H2,1H3,(H,18,20)/t22-/m0/s1. The van der Waals surface area contributed by atoms with Crippen LogP contribution in [0, 0.1) is 0 Å². The molecule has 0 aromatic heterocycles. The maximum absolute atomic E-state index is 12.1. The van der Waals surface area contributed by atoms with Gasteiger partial charge in [-0.05, 0) is 29.3 Å². The third kappa shape index (κ3) is 4.58. The molecule has 0 aliphatic heterocycles. The average Bonchev–Trinajstić information content (AvgIpc) is 2.43. The lowest BCUT2D eigenvalue weighted by molar-refractivity contribution is -0.115. The first-order chi connectivity index (χ1) is 10.5. The van der Waals surface area contributed by atoms with Crippen LogP contribution in [0.25, 0.3) is 0 Å². The van der Waals surface area contributed by atoms with E-state index in [2.05, 4.69) is 5.32 Å². The molecule has 116 valence electrons. The summed E-state index contributed by atoms with van der Waals surface area (Å²) in [5.74, 6) is 0.225. The van der Waals surface area contributed by atoms with E-state index in [9.17, 15) is 14.1 Å². The first-order valence-corrected chi connectivity index (χ1v) is 8.71. The smallest absolute Gasteiger partial charge is 0.228 e. The Morgan fingerprint density at radius 3 is 2.64 bits per heavy atom. The van der Waals surface area contributed by atoms with Crippen LogP contribution in [0.4, 0.5) is 5.69 Å². The zero-order valence-electron chi connectivity index (χ0n) is 12.0. The molecular weight excluding hydrogens is 322 g/mol. The van der Waals surface area contributed by atoms with Crippen molar-refractivity contribution in [3.8, 4) is 5.75 Å². The van der Waals surface area contributed by atoms with Gasteiger partial charge in [0.15, 0.2) is 0 Å². The molecule has 0 heterocycles. The van der Waals surface area contributed by atoms with Crippen molar-refractivity contribution < 1.29 is 14.1 Å². The normalized spacial score (nSPS) is 11.9. The van der Waals surface area contributed by atoms with Gasteiger partial charge in [-0.1, -0.05) is 35.9 Å².